The lowest BCUT2D eigenvalue weighted by Gasteiger charge is -2.21. The summed E-state index contributed by atoms with van der Waals surface area (Å²) >= 11 is 6.24. The van der Waals surface area contributed by atoms with Crippen molar-refractivity contribution in [3.8, 4) is 0 Å². The molecular weight excluding hydrogens is 285 g/mol. The van der Waals surface area contributed by atoms with Gasteiger partial charge in [0.2, 0.25) is 0 Å². The SMILES string of the molecule is CCCNC(c1cc(C)cc(F)c1)c1ccc(C)c(Cl)c1. The molecule has 1 unspecified atom stereocenters. The molecule has 0 aliphatic carbocycles. The summed E-state index contributed by atoms with van der Waals surface area (Å²) in [5.41, 5.74) is 3.96. The molecule has 1 atom stereocenters. The zero-order chi connectivity index (χ0) is 15.4. The quantitative estimate of drug-likeness (QED) is 0.802. The van der Waals surface area contributed by atoms with E-state index in [1.165, 1.54) is 0 Å². The van der Waals surface area contributed by atoms with E-state index in [2.05, 4.69) is 18.3 Å². The van der Waals surface area contributed by atoms with Crippen LogP contribution in [0.2, 0.25) is 5.02 Å². The molecule has 0 aliphatic heterocycles. The molecule has 2 rings (SSSR count). The summed E-state index contributed by atoms with van der Waals surface area (Å²) in [5, 5.41) is 4.22. The van der Waals surface area contributed by atoms with Gasteiger partial charge in [0.1, 0.15) is 5.82 Å². The lowest BCUT2D eigenvalue weighted by atomic mass is 9.96. The van der Waals surface area contributed by atoms with E-state index < -0.39 is 0 Å². The van der Waals surface area contributed by atoms with Gasteiger partial charge in [-0.05, 0) is 67.3 Å². The standard InChI is InChI=1S/C18H21ClFN/c1-4-7-21-18(14-6-5-13(3)17(19)11-14)15-8-12(2)9-16(20)10-15/h5-6,8-11,18,21H,4,7H2,1-3H3. The molecule has 0 spiro atoms. The Balaban J connectivity index is 2.43. The first-order valence-electron chi connectivity index (χ1n) is 7.27. The van der Waals surface area contributed by atoms with Crippen molar-refractivity contribution in [2.75, 3.05) is 6.54 Å². The Labute approximate surface area is 131 Å². The maximum atomic E-state index is 13.7. The smallest absolute Gasteiger partial charge is 0.123 e. The average Bonchev–Trinajstić information content (AvgIpc) is 2.42. The highest BCUT2D eigenvalue weighted by Gasteiger charge is 2.15. The Kier molecular flexibility index (Phi) is 5.38. The molecule has 112 valence electrons. The highest BCUT2D eigenvalue weighted by molar-refractivity contribution is 6.31. The fraction of sp³-hybridized carbons (Fsp3) is 0.333. The average molecular weight is 306 g/mol. The van der Waals surface area contributed by atoms with E-state index in [0.717, 1.165) is 40.2 Å². The number of hydrogen-bond acceptors (Lipinski definition) is 1. The Morgan fingerprint density at radius 2 is 1.86 bits per heavy atom. The van der Waals surface area contributed by atoms with Crippen LogP contribution in [-0.2, 0) is 0 Å². The molecule has 21 heavy (non-hydrogen) atoms. The third-order valence-corrected chi connectivity index (χ3v) is 3.93. The molecule has 3 heteroatoms. The number of halogens is 2. The molecule has 1 N–H and O–H groups in total. The molecule has 0 saturated carbocycles. The van der Waals surface area contributed by atoms with Crippen molar-refractivity contribution in [2.45, 2.75) is 33.2 Å². The highest BCUT2D eigenvalue weighted by atomic mass is 35.5. The maximum absolute atomic E-state index is 13.7. The van der Waals surface area contributed by atoms with Crippen molar-refractivity contribution in [2.24, 2.45) is 0 Å². The molecule has 0 radical (unpaired) electrons. The highest BCUT2D eigenvalue weighted by Crippen LogP contribution is 2.27. The van der Waals surface area contributed by atoms with Crippen molar-refractivity contribution in [3.63, 3.8) is 0 Å². The Bertz CT molecular complexity index is 604. The van der Waals surface area contributed by atoms with Gasteiger partial charge in [0, 0.05) is 5.02 Å². The molecule has 2 aromatic rings. The van der Waals surface area contributed by atoms with Crippen LogP contribution >= 0.6 is 11.6 Å². The third kappa shape index (κ3) is 4.05. The summed E-state index contributed by atoms with van der Waals surface area (Å²) in [7, 11) is 0. The van der Waals surface area contributed by atoms with Crippen molar-refractivity contribution in [1.29, 1.82) is 0 Å². The van der Waals surface area contributed by atoms with Crippen LogP contribution in [0.15, 0.2) is 36.4 Å². The van der Waals surface area contributed by atoms with Gasteiger partial charge in [-0.25, -0.2) is 4.39 Å². The molecular formula is C18H21ClFN. The van der Waals surface area contributed by atoms with Crippen molar-refractivity contribution in [1.82, 2.24) is 5.32 Å². The summed E-state index contributed by atoms with van der Waals surface area (Å²) in [6.07, 6.45) is 1.02. The van der Waals surface area contributed by atoms with Crippen molar-refractivity contribution < 1.29 is 4.39 Å². The van der Waals surface area contributed by atoms with Crippen molar-refractivity contribution in [3.05, 3.63) is 69.5 Å². The van der Waals surface area contributed by atoms with E-state index >= 15 is 0 Å². The van der Waals surface area contributed by atoms with Crippen LogP contribution in [-0.4, -0.2) is 6.54 Å². The summed E-state index contributed by atoms with van der Waals surface area (Å²) in [6, 6.07) is 11.1. The number of nitrogens with one attached hydrogen (secondary N) is 1. The number of benzene rings is 2. The molecule has 0 heterocycles. The largest absolute Gasteiger partial charge is 0.306 e. The monoisotopic (exact) mass is 305 g/mol. The van der Waals surface area contributed by atoms with Crippen LogP contribution in [0.1, 0.15) is 41.6 Å². The van der Waals surface area contributed by atoms with Gasteiger partial charge in [-0.3, -0.25) is 0 Å². The summed E-state index contributed by atoms with van der Waals surface area (Å²) in [4.78, 5) is 0. The lowest BCUT2D eigenvalue weighted by Crippen LogP contribution is -2.23. The van der Waals surface area contributed by atoms with E-state index in [0.29, 0.717) is 0 Å². The first-order valence-corrected chi connectivity index (χ1v) is 7.65. The molecule has 0 aliphatic rings. The van der Waals surface area contributed by atoms with Gasteiger partial charge in [-0.15, -0.1) is 0 Å². The zero-order valence-electron chi connectivity index (χ0n) is 12.7. The minimum atomic E-state index is -0.202. The van der Waals surface area contributed by atoms with Gasteiger partial charge in [-0.2, -0.15) is 0 Å². The van der Waals surface area contributed by atoms with Gasteiger partial charge >= 0.3 is 0 Å². The van der Waals surface area contributed by atoms with E-state index in [-0.39, 0.29) is 11.9 Å². The van der Waals surface area contributed by atoms with Crippen LogP contribution < -0.4 is 5.32 Å². The van der Waals surface area contributed by atoms with Crippen LogP contribution in [0.3, 0.4) is 0 Å². The first kappa shape index (κ1) is 16.0. The zero-order valence-corrected chi connectivity index (χ0v) is 13.5. The molecule has 0 aromatic heterocycles. The molecule has 1 nitrogen and oxygen atoms in total. The predicted octanol–water partition coefficient (Wildman–Crippen LogP) is 5.18. The van der Waals surface area contributed by atoms with Gasteiger partial charge in [0.25, 0.3) is 0 Å². The molecule has 0 bridgehead atoms. The third-order valence-electron chi connectivity index (χ3n) is 3.53. The fourth-order valence-electron chi connectivity index (χ4n) is 2.44. The molecule has 0 fully saturated rings. The maximum Gasteiger partial charge on any atom is 0.123 e. The summed E-state index contributed by atoms with van der Waals surface area (Å²) in [5.74, 6) is -0.202. The van der Waals surface area contributed by atoms with Gasteiger partial charge in [-0.1, -0.05) is 36.7 Å². The molecule has 0 amide bonds. The van der Waals surface area contributed by atoms with Crippen LogP contribution in [0, 0.1) is 19.7 Å². The van der Waals surface area contributed by atoms with Crippen LogP contribution in [0.25, 0.3) is 0 Å². The van der Waals surface area contributed by atoms with E-state index in [9.17, 15) is 4.39 Å². The fourth-order valence-corrected chi connectivity index (χ4v) is 2.63. The minimum absolute atomic E-state index is 0.0440. The predicted molar refractivity (Wildman–Crippen MR) is 87.5 cm³/mol. The van der Waals surface area contributed by atoms with Crippen LogP contribution in [0.4, 0.5) is 4.39 Å². The van der Waals surface area contributed by atoms with E-state index in [1.54, 1.807) is 12.1 Å². The van der Waals surface area contributed by atoms with E-state index in [1.807, 2.05) is 32.0 Å². The molecule has 0 saturated heterocycles. The van der Waals surface area contributed by atoms with Gasteiger partial charge in [0.15, 0.2) is 0 Å². The topological polar surface area (TPSA) is 12.0 Å². The number of hydrogen-bond donors (Lipinski definition) is 1. The second kappa shape index (κ2) is 7.06. The Hall–Kier alpha value is -1.38. The van der Waals surface area contributed by atoms with Gasteiger partial charge in [0.05, 0.1) is 6.04 Å². The second-order valence-corrected chi connectivity index (χ2v) is 5.86. The first-order chi connectivity index (χ1) is 10.0. The van der Waals surface area contributed by atoms with E-state index in [4.69, 9.17) is 11.6 Å². The summed E-state index contributed by atoms with van der Waals surface area (Å²) < 4.78 is 13.7. The van der Waals surface area contributed by atoms with Crippen LogP contribution in [0.5, 0.6) is 0 Å². The van der Waals surface area contributed by atoms with Crippen molar-refractivity contribution >= 4 is 11.6 Å². The molecule has 2 aromatic carbocycles. The Morgan fingerprint density at radius 1 is 1.10 bits per heavy atom. The Morgan fingerprint density at radius 3 is 2.48 bits per heavy atom. The van der Waals surface area contributed by atoms with Gasteiger partial charge < -0.3 is 5.32 Å². The number of rotatable bonds is 5. The summed E-state index contributed by atoms with van der Waals surface area (Å²) in [6.45, 7) is 6.87. The second-order valence-electron chi connectivity index (χ2n) is 5.46. The lowest BCUT2D eigenvalue weighted by molar-refractivity contribution is 0.584. The number of aryl methyl sites for hydroxylation is 2. The minimum Gasteiger partial charge on any atom is -0.306 e. The normalized spacial score (nSPS) is 12.4.